The molecule has 5 aliphatic rings. The van der Waals surface area contributed by atoms with Crippen molar-refractivity contribution in [3.8, 4) is 0 Å². The molecule has 0 bridgehead atoms. The first-order chi connectivity index (χ1) is 15.7. The SMILES string of the molecule is CC(C)(O)[C@@H]1OCC([C@@H]2CC[C@]3(C)C4=CC[C@H]5C(C)(C)[C@H](O)CC[C@]5(C)[C@H]4CC[C@@]23C)C[C@H]1O. The molecule has 1 unspecified atom stereocenters. The van der Waals surface area contributed by atoms with Crippen molar-refractivity contribution in [2.45, 2.75) is 124 Å². The normalized spacial score (nSPS) is 52.9. The molecule has 4 heteroatoms. The fraction of sp³-hybridized carbons (Fsp3) is 0.933. The number of hydrogen-bond acceptors (Lipinski definition) is 4. The van der Waals surface area contributed by atoms with E-state index < -0.39 is 17.8 Å². The van der Waals surface area contributed by atoms with E-state index in [0.29, 0.717) is 30.3 Å². The predicted molar refractivity (Wildman–Crippen MR) is 135 cm³/mol. The highest BCUT2D eigenvalue weighted by Crippen LogP contribution is 2.73. The Labute approximate surface area is 207 Å². The van der Waals surface area contributed by atoms with Gasteiger partial charge in [-0.2, -0.15) is 0 Å². The van der Waals surface area contributed by atoms with Crippen molar-refractivity contribution in [3.05, 3.63) is 11.6 Å². The molecular weight excluding hydrogens is 424 g/mol. The van der Waals surface area contributed by atoms with Gasteiger partial charge in [-0.3, -0.25) is 0 Å². The van der Waals surface area contributed by atoms with Crippen molar-refractivity contribution in [2.24, 2.45) is 45.3 Å². The average Bonchev–Trinajstić information content (AvgIpc) is 3.02. The zero-order valence-corrected chi connectivity index (χ0v) is 22.7. The summed E-state index contributed by atoms with van der Waals surface area (Å²) < 4.78 is 6.13. The lowest BCUT2D eigenvalue weighted by Gasteiger charge is -2.64. The van der Waals surface area contributed by atoms with Crippen LogP contribution in [0, 0.1) is 45.3 Å². The number of aliphatic hydroxyl groups is 3. The molecular formula is C30H50O4. The van der Waals surface area contributed by atoms with Crippen LogP contribution in [0.1, 0.15) is 99.8 Å². The number of rotatable bonds is 2. The maximum absolute atomic E-state index is 10.9. The Hall–Kier alpha value is -0.420. The molecule has 4 aliphatic carbocycles. The molecule has 4 fully saturated rings. The third kappa shape index (κ3) is 3.30. The third-order valence-corrected chi connectivity index (χ3v) is 12.5. The molecule has 1 aliphatic heterocycles. The summed E-state index contributed by atoms with van der Waals surface area (Å²) in [6, 6.07) is 0. The van der Waals surface area contributed by atoms with Crippen LogP contribution < -0.4 is 0 Å². The molecule has 1 heterocycles. The van der Waals surface area contributed by atoms with Gasteiger partial charge in [0.25, 0.3) is 0 Å². The largest absolute Gasteiger partial charge is 0.393 e. The molecule has 194 valence electrons. The van der Waals surface area contributed by atoms with E-state index in [2.05, 4.69) is 40.7 Å². The van der Waals surface area contributed by atoms with Gasteiger partial charge in [-0.25, -0.2) is 0 Å². The Kier molecular flexibility index (Phi) is 5.78. The monoisotopic (exact) mass is 474 g/mol. The van der Waals surface area contributed by atoms with Crippen molar-refractivity contribution in [2.75, 3.05) is 6.61 Å². The van der Waals surface area contributed by atoms with Crippen molar-refractivity contribution in [1.29, 1.82) is 0 Å². The lowest BCUT2D eigenvalue weighted by molar-refractivity contribution is -0.188. The molecule has 0 amide bonds. The maximum atomic E-state index is 10.9. The highest BCUT2D eigenvalue weighted by molar-refractivity contribution is 5.33. The van der Waals surface area contributed by atoms with Crippen molar-refractivity contribution < 1.29 is 20.1 Å². The van der Waals surface area contributed by atoms with Crippen molar-refractivity contribution in [3.63, 3.8) is 0 Å². The van der Waals surface area contributed by atoms with Crippen LogP contribution in [0.25, 0.3) is 0 Å². The van der Waals surface area contributed by atoms with Crippen molar-refractivity contribution in [1.82, 2.24) is 0 Å². The predicted octanol–water partition coefficient (Wildman–Crippen LogP) is 5.49. The molecule has 0 aromatic carbocycles. The summed E-state index contributed by atoms with van der Waals surface area (Å²) in [6.45, 7) is 16.4. The maximum Gasteiger partial charge on any atom is 0.111 e. The number of ether oxygens (including phenoxy) is 1. The van der Waals surface area contributed by atoms with Crippen LogP contribution in [0.15, 0.2) is 11.6 Å². The van der Waals surface area contributed by atoms with Crippen LogP contribution in [0.4, 0.5) is 0 Å². The smallest absolute Gasteiger partial charge is 0.111 e. The molecule has 10 atom stereocenters. The van der Waals surface area contributed by atoms with E-state index in [4.69, 9.17) is 4.74 Å². The molecule has 0 aromatic rings. The second-order valence-corrected chi connectivity index (χ2v) is 14.8. The number of hydrogen-bond donors (Lipinski definition) is 3. The molecule has 0 radical (unpaired) electrons. The average molecular weight is 475 g/mol. The number of allylic oxidation sites excluding steroid dienone is 2. The van der Waals surface area contributed by atoms with Gasteiger partial charge in [0.2, 0.25) is 0 Å². The van der Waals surface area contributed by atoms with Gasteiger partial charge in [0.15, 0.2) is 0 Å². The van der Waals surface area contributed by atoms with Gasteiger partial charge >= 0.3 is 0 Å². The van der Waals surface area contributed by atoms with Crippen LogP contribution in [0.2, 0.25) is 0 Å². The van der Waals surface area contributed by atoms with Crippen LogP contribution in [-0.2, 0) is 4.74 Å². The van der Waals surface area contributed by atoms with E-state index in [0.717, 1.165) is 25.7 Å². The summed E-state index contributed by atoms with van der Waals surface area (Å²) in [5.74, 6) is 2.08. The highest BCUT2D eigenvalue weighted by Gasteiger charge is 2.65. The molecule has 1 saturated heterocycles. The molecule has 5 rings (SSSR count). The lowest BCUT2D eigenvalue weighted by atomic mass is 9.41. The van der Waals surface area contributed by atoms with Crippen molar-refractivity contribution >= 4 is 0 Å². The fourth-order valence-corrected chi connectivity index (χ4v) is 10.3. The van der Waals surface area contributed by atoms with Crippen LogP contribution >= 0.6 is 0 Å². The molecule has 3 saturated carbocycles. The van der Waals surface area contributed by atoms with E-state index in [1.165, 1.54) is 25.7 Å². The Morgan fingerprint density at radius 1 is 0.971 bits per heavy atom. The summed E-state index contributed by atoms with van der Waals surface area (Å²) >= 11 is 0. The first-order valence-electron chi connectivity index (χ1n) is 14.1. The Bertz CT molecular complexity index is 841. The second-order valence-electron chi connectivity index (χ2n) is 14.8. The summed E-state index contributed by atoms with van der Waals surface area (Å²) in [5, 5.41) is 32.1. The zero-order valence-electron chi connectivity index (χ0n) is 22.7. The van der Waals surface area contributed by atoms with E-state index in [1.807, 2.05) is 0 Å². The van der Waals surface area contributed by atoms with E-state index in [-0.39, 0.29) is 27.8 Å². The van der Waals surface area contributed by atoms with Crippen LogP contribution in [0.5, 0.6) is 0 Å². The molecule has 0 aromatic heterocycles. The van der Waals surface area contributed by atoms with E-state index in [9.17, 15) is 15.3 Å². The van der Waals surface area contributed by atoms with Gasteiger partial charge in [0.1, 0.15) is 6.10 Å². The molecule has 4 nitrogen and oxygen atoms in total. The van der Waals surface area contributed by atoms with E-state index >= 15 is 0 Å². The summed E-state index contributed by atoms with van der Waals surface area (Å²) in [4.78, 5) is 0. The lowest BCUT2D eigenvalue weighted by Crippen LogP contribution is -2.58. The number of aliphatic hydroxyl groups excluding tert-OH is 2. The highest BCUT2D eigenvalue weighted by atomic mass is 16.5. The molecule has 34 heavy (non-hydrogen) atoms. The first-order valence-corrected chi connectivity index (χ1v) is 14.1. The number of fused-ring (bicyclic) bond motifs is 5. The summed E-state index contributed by atoms with van der Waals surface area (Å²) in [5.41, 5.74) is 1.38. The molecule has 3 N–H and O–H groups in total. The third-order valence-electron chi connectivity index (χ3n) is 12.5. The zero-order chi connectivity index (χ0) is 24.9. The van der Waals surface area contributed by atoms with Gasteiger partial charge in [-0.1, -0.05) is 46.3 Å². The quantitative estimate of drug-likeness (QED) is 0.463. The topological polar surface area (TPSA) is 69.9 Å². The van der Waals surface area contributed by atoms with Crippen LogP contribution in [-0.4, -0.2) is 45.8 Å². The van der Waals surface area contributed by atoms with Crippen LogP contribution in [0.3, 0.4) is 0 Å². The first kappa shape index (κ1) is 25.2. The molecule has 0 spiro atoms. The van der Waals surface area contributed by atoms with Gasteiger partial charge in [0, 0.05) is 0 Å². The second kappa shape index (κ2) is 7.79. The van der Waals surface area contributed by atoms with E-state index in [1.54, 1.807) is 19.4 Å². The Morgan fingerprint density at radius 3 is 2.32 bits per heavy atom. The minimum Gasteiger partial charge on any atom is -0.393 e. The van der Waals surface area contributed by atoms with Gasteiger partial charge in [0.05, 0.1) is 24.4 Å². The van der Waals surface area contributed by atoms with Gasteiger partial charge in [-0.05, 0) is 111 Å². The standard InChI is InChI=1S/C30H50O4/c1-26(2)23-9-8-21-20(28(23,5)13-12-24(26)32)11-15-29(6)19(10-14-30(21,29)7)18-16-22(31)25(34-17-18)27(3,4)33/h8,18-20,22-25,31-33H,9-17H2,1-7H3/t18?,19-,20-,22+,23-,24+,25+,28+,29-,30+/m0/s1. The Morgan fingerprint density at radius 2 is 1.68 bits per heavy atom. The summed E-state index contributed by atoms with van der Waals surface area (Å²) in [7, 11) is 0. The Balaban J connectivity index is 1.42. The minimum atomic E-state index is -1.02. The fourth-order valence-electron chi connectivity index (χ4n) is 10.3. The van der Waals surface area contributed by atoms with Gasteiger partial charge in [-0.15, -0.1) is 0 Å². The minimum absolute atomic E-state index is 0.0263. The summed E-state index contributed by atoms with van der Waals surface area (Å²) in [6.07, 6.45) is 10.2. The van der Waals surface area contributed by atoms with Gasteiger partial charge < -0.3 is 20.1 Å².